The van der Waals surface area contributed by atoms with Crippen molar-refractivity contribution in [2.45, 2.75) is 33.3 Å². The summed E-state index contributed by atoms with van der Waals surface area (Å²) in [7, 11) is 0. The zero-order chi connectivity index (χ0) is 13.5. The van der Waals surface area contributed by atoms with Crippen molar-refractivity contribution < 1.29 is 4.74 Å². The minimum Gasteiger partial charge on any atom is -0.487 e. The average molecular weight is 267 g/mol. The second-order valence-corrected chi connectivity index (χ2v) is 4.81. The van der Waals surface area contributed by atoms with Gasteiger partial charge >= 0.3 is 0 Å². The van der Waals surface area contributed by atoms with Gasteiger partial charge in [0.25, 0.3) is 0 Å². The Kier molecular flexibility index (Phi) is 5.85. The first-order chi connectivity index (χ1) is 8.54. The largest absolute Gasteiger partial charge is 0.487 e. The maximum atomic E-state index is 5.77. The molecule has 0 fully saturated rings. The molecule has 1 heterocycles. The predicted octanol–water partition coefficient (Wildman–Crippen LogP) is 2.37. The number of pyridine rings is 1. The third kappa shape index (κ3) is 4.49. The number of anilines is 1. The van der Waals surface area contributed by atoms with Gasteiger partial charge in [0.05, 0.1) is 11.1 Å². The molecule has 0 bridgehead atoms. The molecule has 0 unspecified atom stereocenters. The first kappa shape index (κ1) is 14.7. The van der Waals surface area contributed by atoms with E-state index < -0.39 is 0 Å². The van der Waals surface area contributed by atoms with E-state index in [4.69, 9.17) is 22.7 Å². The molecule has 1 aromatic heterocycles. The minimum absolute atomic E-state index is 0.127. The summed E-state index contributed by atoms with van der Waals surface area (Å²) in [6, 6.07) is 3.81. The van der Waals surface area contributed by atoms with E-state index in [1.165, 1.54) is 0 Å². The van der Waals surface area contributed by atoms with Gasteiger partial charge in [-0.2, -0.15) is 0 Å². The molecule has 0 atom stereocenters. The van der Waals surface area contributed by atoms with Crippen LogP contribution in [0, 0.1) is 0 Å². The molecule has 1 aromatic rings. The van der Waals surface area contributed by atoms with Crippen molar-refractivity contribution in [3.05, 3.63) is 18.3 Å². The zero-order valence-electron chi connectivity index (χ0n) is 11.2. The quantitative estimate of drug-likeness (QED) is 0.769. The summed E-state index contributed by atoms with van der Waals surface area (Å²) in [6.07, 6.45) is 2.58. The van der Waals surface area contributed by atoms with E-state index >= 15 is 0 Å². The number of ether oxygens (including phenoxy) is 1. The normalized spacial score (nSPS) is 10.4. The van der Waals surface area contributed by atoms with Crippen molar-refractivity contribution in [1.29, 1.82) is 0 Å². The number of hydrogen-bond acceptors (Lipinski definition) is 4. The fourth-order valence-corrected chi connectivity index (χ4v) is 1.72. The van der Waals surface area contributed by atoms with Gasteiger partial charge in [-0.1, -0.05) is 12.2 Å². The molecule has 5 heteroatoms. The van der Waals surface area contributed by atoms with Crippen molar-refractivity contribution in [2.75, 3.05) is 18.0 Å². The van der Waals surface area contributed by atoms with E-state index in [-0.39, 0.29) is 6.10 Å². The molecule has 1 rings (SSSR count). The van der Waals surface area contributed by atoms with Crippen LogP contribution in [0.2, 0.25) is 0 Å². The van der Waals surface area contributed by atoms with Crippen molar-refractivity contribution in [1.82, 2.24) is 4.98 Å². The molecule has 100 valence electrons. The Bertz CT molecular complexity index is 396. The van der Waals surface area contributed by atoms with Gasteiger partial charge in [0, 0.05) is 25.7 Å². The lowest BCUT2D eigenvalue weighted by Gasteiger charge is -2.24. The van der Waals surface area contributed by atoms with Crippen molar-refractivity contribution in [2.24, 2.45) is 5.73 Å². The van der Waals surface area contributed by atoms with E-state index in [2.05, 4.69) is 16.8 Å². The molecule has 2 N–H and O–H groups in total. The minimum atomic E-state index is 0.127. The van der Waals surface area contributed by atoms with E-state index in [9.17, 15) is 0 Å². The fraction of sp³-hybridized carbons (Fsp3) is 0.538. The standard InChI is InChI=1S/C13H21N3OS/c1-4-16(9-7-12(14)18)13-11(17-10(2)3)6-5-8-15-13/h5-6,8,10H,4,7,9H2,1-3H3,(H2,14,18). The highest BCUT2D eigenvalue weighted by atomic mass is 32.1. The molecule has 0 amide bonds. The first-order valence-electron chi connectivity index (χ1n) is 6.19. The van der Waals surface area contributed by atoms with Crippen LogP contribution in [0.5, 0.6) is 5.75 Å². The van der Waals surface area contributed by atoms with Crippen LogP contribution in [0.1, 0.15) is 27.2 Å². The Balaban J connectivity index is 2.86. The number of rotatable bonds is 7. The molecule has 0 aromatic carbocycles. The van der Waals surface area contributed by atoms with Crippen LogP contribution in [0.25, 0.3) is 0 Å². The topological polar surface area (TPSA) is 51.4 Å². The summed E-state index contributed by atoms with van der Waals surface area (Å²) in [5.74, 6) is 1.65. The van der Waals surface area contributed by atoms with Crippen molar-refractivity contribution in [3.8, 4) is 5.75 Å². The van der Waals surface area contributed by atoms with Crippen molar-refractivity contribution in [3.63, 3.8) is 0 Å². The highest BCUT2D eigenvalue weighted by Gasteiger charge is 2.13. The highest BCUT2D eigenvalue weighted by Crippen LogP contribution is 2.26. The second kappa shape index (κ2) is 7.16. The van der Waals surface area contributed by atoms with Gasteiger partial charge < -0.3 is 15.4 Å². The number of thiocarbonyl (C=S) groups is 1. The number of hydrogen-bond donors (Lipinski definition) is 1. The molecule has 4 nitrogen and oxygen atoms in total. The maximum Gasteiger partial charge on any atom is 0.171 e. The van der Waals surface area contributed by atoms with E-state index in [0.29, 0.717) is 11.4 Å². The van der Waals surface area contributed by atoms with Crippen molar-refractivity contribution >= 4 is 23.0 Å². The summed E-state index contributed by atoms with van der Waals surface area (Å²) < 4.78 is 5.77. The molecule has 0 aliphatic rings. The van der Waals surface area contributed by atoms with Crippen LogP contribution in [0.3, 0.4) is 0 Å². The number of nitrogens with two attached hydrogens (primary N) is 1. The molecular weight excluding hydrogens is 246 g/mol. The zero-order valence-corrected chi connectivity index (χ0v) is 12.0. The molecule has 0 saturated carbocycles. The van der Waals surface area contributed by atoms with E-state index in [1.807, 2.05) is 26.0 Å². The van der Waals surface area contributed by atoms with E-state index in [0.717, 1.165) is 24.7 Å². The summed E-state index contributed by atoms with van der Waals surface area (Å²) in [6.45, 7) is 7.68. The lowest BCUT2D eigenvalue weighted by molar-refractivity contribution is 0.242. The lowest BCUT2D eigenvalue weighted by Crippen LogP contribution is -2.28. The SMILES string of the molecule is CCN(CCC(N)=S)c1ncccc1OC(C)C. The third-order valence-corrected chi connectivity index (χ3v) is 2.63. The van der Waals surface area contributed by atoms with E-state index in [1.54, 1.807) is 6.20 Å². The second-order valence-electron chi connectivity index (χ2n) is 4.29. The van der Waals surface area contributed by atoms with Crippen LogP contribution in [0.15, 0.2) is 18.3 Å². The van der Waals surface area contributed by atoms with Gasteiger partial charge in [0.1, 0.15) is 0 Å². The Morgan fingerprint density at radius 2 is 2.28 bits per heavy atom. The Hall–Kier alpha value is -1.36. The number of nitrogens with zero attached hydrogens (tertiary/aromatic N) is 2. The van der Waals surface area contributed by atoms with Crippen LogP contribution in [-0.2, 0) is 0 Å². The molecule has 0 radical (unpaired) electrons. The fourth-order valence-electron chi connectivity index (χ4n) is 1.62. The highest BCUT2D eigenvalue weighted by molar-refractivity contribution is 7.80. The third-order valence-electron chi connectivity index (χ3n) is 2.42. The summed E-state index contributed by atoms with van der Waals surface area (Å²) in [5.41, 5.74) is 5.55. The van der Waals surface area contributed by atoms with Crippen LogP contribution >= 0.6 is 12.2 Å². The summed E-state index contributed by atoms with van der Waals surface area (Å²) in [5, 5.41) is 0. The van der Waals surface area contributed by atoms with Gasteiger partial charge in [-0.15, -0.1) is 0 Å². The predicted molar refractivity (Wildman–Crippen MR) is 79.3 cm³/mol. The maximum absolute atomic E-state index is 5.77. The smallest absolute Gasteiger partial charge is 0.171 e. The molecular formula is C13H21N3OS. The molecule has 0 aliphatic carbocycles. The van der Waals surface area contributed by atoms with Crippen LogP contribution in [0.4, 0.5) is 5.82 Å². The first-order valence-corrected chi connectivity index (χ1v) is 6.60. The summed E-state index contributed by atoms with van der Waals surface area (Å²) >= 11 is 4.91. The lowest BCUT2D eigenvalue weighted by atomic mass is 10.3. The van der Waals surface area contributed by atoms with Gasteiger partial charge in [-0.25, -0.2) is 4.98 Å². The number of aromatic nitrogens is 1. The monoisotopic (exact) mass is 267 g/mol. The summed E-state index contributed by atoms with van der Waals surface area (Å²) in [4.78, 5) is 7.04. The van der Waals surface area contributed by atoms with Gasteiger partial charge in [0.15, 0.2) is 11.6 Å². The Morgan fingerprint density at radius 3 is 2.83 bits per heavy atom. The molecule has 0 saturated heterocycles. The average Bonchev–Trinajstić information content (AvgIpc) is 2.30. The van der Waals surface area contributed by atoms with Gasteiger partial charge in [0.2, 0.25) is 0 Å². The Morgan fingerprint density at radius 1 is 1.56 bits per heavy atom. The van der Waals surface area contributed by atoms with Crippen LogP contribution < -0.4 is 15.4 Å². The van der Waals surface area contributed by atoms with Gasteiger partial charge in [-0.05, 0) is 32.9 Å². The Labute approximate surface area is 114 Å². The molecule has 18 heavy (non-hydrogen) atoms. The molecule has 0 aliphatic heterocycles. The van der Waals surface area contributed by atoms with Crippen LogP contribution in [-0.4, -0.2) is 29.2 Å². The van der Waals surface area contributed by atoms with Gasteiger partial charge in [-0.3, -0.25) is 0 Å². The molecule has 0 spiro atoms.